The molecule has 1 amide bonds. The maximum Gasteiger partial charge on any atom is 0.238 e. The van der Waals surface area contributed by atoms with Crippen LogP contribution in [0.15, 0.2) is 24.3 Å². The van der Waals surface area contributed by atoms with E-state index in [1.54, 1.807) is 31.4 Å². The second kappa shape index (κ2) is 6.72. The first-order valence-electron chi connectivity index (χ1n) is 6.98. The summed E-state index contributed by atoms with van der Waals surface area (Å²) in [5.41, 5.74) is 0.109. The number of aliphatic hydroxyl groups is 1. The van der Waals surface area contributed by atoms with Crippen LogP contribution in [0.4, 0.5) is 5.69 Å². The van der Waals surface area contributed by atoms with Gasteiger partial charge in [-0.3, -0.25) is 4.79 Å². The minimum Gasteiger partial charge on any atom is -0.497 e. The molecule has 2 rings (SSSR count). The first-order valence-corrected chi connectivity index (χ1v) is 6.98. The quantitative estimate of drug-likeness (QED) is 0.738. The van der Waals surface area contributed by atoms with Crippen molar-refractivity contribution in [1.82, 2.24) is 5.32 Å². The lowest BCUT2D eigenvalue weighted by Gasteiger charge is -2.22. The molecule has 0 radical (unpaired) electrons. The van der Waals surface area contributed by atoms with Crippen molar-refractivity contribution in [2.45, 2.75) is 31.3 Å². The molecule has 0 heterocycles. The summed E-state index contributed by atoms with van der Waals surface area (Å²) < 4.78 is 5.05. The van der Waals surface area contributed by atoms with Gasteiger partial charge in [-0.2, -0.15) is 0 Å². The molecule has 1 fully saturated rings. The fourth-order valence-electron chi connectivity index (χ4n) is 2.50. The zero-order valence-electron chi connectivity index (χ0n) is 11.8. The molecule has 3 N–H and O–H groups in total. The number of nitrogens with one attached hydrogen (secondary N) is 2. The molecule has 0 aromatic heterocycles. The third-order valence-corrected chi connectivity index (χ3v) is 3.65. The molecular weight excluding hydrogens is 256 g/mol. The smallest absolute Gasteiger partial charge is 0.238 e. The Labute approximate surface area is 119 Å². The van der Waals surface area contributed by atoms with Crippen LogP contribution in [0.3, 0.4) is 0 Å². The second-order valence-corrected chi connectivity index (χ2v) is 5.31. The maximum absolute atomic E-state index is 11.8. The van der Waals surface area contributed by atoms with Crippen LogP contribution < -0.4 is 15.4 Å². The van der Waals surface area contributed by atoms with Crippen molar-refractivity contribution in [2.75, 3.05) is 25.5 Å². The predicted octanol–water partition coefficient (Wildman–Crippen LogP) is 1.53. The van der Waals surface area contributed by atoms with E-state index < -0.39 is 5.60 Å². The SMILES string of the molecule is COc1ccc(NC(=O)CNCC2(O)CCCC2)cc1. The van der Waals surface area contributed by atoms with Crippen LogP contribution in [0, 0.1) is 0 Å². The Hall–Kier alpha value is -1.59. The Morgan fingerprint density at radius 2 is 1.95 bits per heavy atom. The number of anilines is 1. The highest BCUT2D eigenvalue weighted by atomic mass is 16.5. The monoisotopic (exact) mass is 278 g/mol. The molecule has 1 aliphatic carbocycles. The van der Waals surface area contributed by atoms with E-state index in [9.17, 15) is 9.90 Å². The van der Waals surface area contributed by atoms with E-state index in [-0.39, 0.29) is 12.5 Å². The van der Waals surface area contributed by atoms with E-state index in [4.69, 9.17) is 4.74 Å². The van der Waals surface area contributed by atoms with E-state index in [0.29, 0.717) is 6.54 Å². The van der Waals surface area contributed by atoms with Crippen LogP contribution in [0.5, 0.6) is 5.75 Å². The summed E-state index contributed by atoms with van der Waals surface area (Å²) >= 11 is 0. The van der Waals surface area contributed by atoms with Crippen molar-refractivity contribution >= 4 is 11.6 Å². The molecule has 0 bridgehead atoms. The van der Waals surface area contributed by atoms with Crippen molar-refractivity contribution in [3.63, 3.8) is 0 Å². The minimum absolute atomic E-state index is 0.114. The van der Waals surface area contributed by atoms with Gasteiger partial charge in [0, 0.05) is 12.2 Å². The van der Waals surface area contributed by atoms with Gasteiger partial charge in [-0.25, -0.2) is 0 Å². The van der Waals surface area contributed by atoms with Gasteiger partial charge >= 0.3 is 0 Å². The van der Waals surface area contributed by atoms with E-state index in [1.165, 1.54) is 0 Å². The molecule has 0 spiro atoms. The van der Waals surface area contributed by atoms with Gasteiger partial charge in [-0.05, 0) is 37.1 Å². The summed E-state index contributed by atoms with van der Waals surface area (Å²) in [7, 11) is 1.60. The van der Waals surface area contributed by atoms with Gasteiger partial charge in [0.15, 0.2) is 0 Å². The predicted molar refractivity (Wildman–Crippen MR) is 77.9 cm³/mol. The van der Waals surface area contributed by atoms with E-state index in [0.717, 1.165) is 37.1 Å². The highest BCUT2D eigenvalue weighted by molar-refractivity contribution is 5.92. The summed E-state index contributed by atoms with van der Waals surface area (Å²) in [6.45, 7) is 0.678. The second-order valence-electron chi connectivity index (χ2n) is 5.31. The molecular formula is C15H22N2O3. The molecule has 1 saturated carbocycles. The Kier molecular flexibility index (Phi) is 4.98. The molecule has 20 heavy (non-hydrogen) atoms. The maximum atomic E-state index is 11.8. The third kappa shape index (κ3) is 4.21. The van der Waals surface area contributed by atoms with Crippen LogP contribution in [0.2, 0.25) is 0 Å². The van der Waals surface area contributed by atoms with Crippen LogP contribution in [0.25, 0.3) is 0 Å². The molecule has 0 atom stereocenters. The van der Waals surface area contributed by atoms with Gasteiger partial charge in [0.25, 0.3) is 0 Å². The van der Waals surface area contributed by atoms with E-state index in [1.807, 2.05) is 0 Å². The average Bonchev–Trinajstić information content (AvgIpc) is 2.86. The molecule has 1 aromatic rings. The Bertz CT molecular complexity index is 439. The lowest BCUT2D eigenvalue weighted by Crippen LogP contribution is -2.41. The molecule has 1 aliphatic rings. The minimum atomic E-state index is -0.625. The number of carbonyl (C=O) groups excluding carboxylic acids is 1. The first kappa shape index (κ1) is 14.8. The van der Waals surface area contributed by atoms with Gasteiger partial charge in [-0.1, -0.05) is 12.8 Å². The molecule has 5 heteroatoms. The summed E-state index contributed by atoms with van der Waals surface area (Å²) in [5, 5.41) is 16.0. The number of hydrogen-bond acceptors (Lipinski definition) is 4. The Morgan fingerprint density at radius 1 is 1.30 bits per heavy atom. The summed E-state index contributed by atoms with van der Waals surface area (Å²) in [6, 6.07) is 7.18. The number of methoxy groups -OCH3 is 1. The number of ether oxygens (including phenoxy) is 1. The zero-order valence-corrected chi connectivity index (χ0v) is 11.8. The van der Waals surface area contributed by atoms with E-state index in [2.05, 4.69) is 10.6 Å². The summed E-state index contributed by atoms with van der Waals surface area (Å²) in [4.78, 5) is 11.8. The van der Waals surface area contributed by atoms with Crippen LogP contribution in [0.1, 0.15) is 25.7 Å². The molecule has 0 saturated heterocycles. The van der Waals surface area contributed by atoms with Gasteiger partial charge in [0.2, 0.25) is 5.91 Å². The largest absolute Gasteiger partial charge is 0.497 e. The fourth-order valence-corrected chi connectivity index (χ4v) is 2.50. The zero-order chi connectivity index (χ0) is 14.4. The number of benzene rings is 1. The van der Waals surface area contributed by atoms with Gasteiger partial charge in [-0.15, -0.1) is 0 Å². The lowest BCUT2D eigenvalue weighted by atomic mass is 10.0. The van der Waals surface area contributed by atoms with Crippen molar-refractivity contribution in [1.29, 1.82) is 0 Å². The lowest BCUT2D eigenvalue weighted by molar-refractivity contribution is -0.115. The van der Waals surface area contributed by atoms with Crippen LogP contribution >= 0.6 is 0 Å². The first-order chi connectivity index (χ1) is 9.61. The molecule has 0 unspecified atom stereocenters. The summed E-state index contributed by atoms with van der Waals surface area (Å²) in [5.74, 6) is 0.640. The van der Waals surface area contributed by atoms with E-state index >= 15 is 0 Å². The van der Waals surface area contributed by atoms with Crippen molar-refractivity contribution < 1.29 is 14.6 Å². The highest BCUT2D eigenvalue weighted by Crippen LogP contribution is 2.28. The molecule has 110 valence electrons. The Balaban J connectivity index is 1.72. The van der Waals surface area contributed by atoms with Crippen molar-refractivity contribution in [3.8, 4) is 5.75 Å². The molecule has 1 aromatic carbocycles. The van der Waals surface area contributed by atoms with Crippen molar-refractivity contribution in [2.24, 2.45) is 0 Å². The van der Waals surface area contributed by atoms with Crippen LogP contribution in [-0.4, -0.2) is 36.8 Å². The van der Waals surface area contributed by atoms with Gasteiger partial charge in [0.1, 0.15) is 5.75 Å². The molecule has 5 nitrogen and oxygen atoms in total. The Morgan fingerprint density at radius 3 is 2.55 bits per heavy atom. The van der Waals surface area contributed by atoms with Gasteiger partial charge < -0.3 is 20.5 Å². The topological polar surface area (TPSA) is 70.6 Å². The number of amides is 1. The number of hydrogen-bond donors (Lipinski definition) is 3. The van der Waals surface area contributed by atoms with Gasteiger partial charge in [0.05, 0.1) is 19.3 Å². The van der Waals surface area contributed by atoms with Crippen LogP contribution in [-0.2, 0) is 4.79 Å². The standard InChI is InChI=1S/C15H22N2O3/c1-20-13-6-4-12(5-7-13)17-14(18)10-16-11-15(19)8-2-3-9-15/h4-7,16,19H,2-3,8-11H2,1H3,(H,17,18). The normalized spacial score (nSPS) is 16.9. The average molecular weight is 278 g/mol. The number of rotatable bonds is 6. The summed E-state index contributed by atoms with van der Waals surface area (Å²) in [6.07, 6.45) is 3.77. The number of carbonyl (C=O) groups is 1. The van der Waals surface area contributed by atoms with Crippen molar-refractivity contribution in [3.05, 3.63) is 24.3 Å². The highest BCUT2D eigenvalue weighted by Gasteiger charge is 2.30. The fraction of sp³-hybridized carbons (Fsp3) is 0.533. The third-order valence-electron chi connectivity index (χ3n) is 3.65. The molecule has 0 aliphatic heterocycles.